The van der Waals surface area contributed by atoms with Crippen molar-refractivity contribution in [3.63, 3.8) is 0 Å². The molecule has 0 spiro atoms. The predicted molar refractivity (Wildman–Crippen MR) is 91.2 cm³/mol. The zero-order valence-electron chi connectivity index (χ0n) is 11.9. The second-order valence-corrected chi connectivity index (χ2v) is 6.21. The van der Waals surface area contributed by atoms with E-state index in [1.165, 1.54) is 0 Å². The van der Waals surface area contributed by atoms with Crippen LogP contribution in [0.2, 0.25) is 5.02 Å². The van der Waals surface area contributed by atoms with Crippen LogP contribution in [-0.4, -0.2) is 9.55 Å². The zero-order chi connectivity index (χ0) is 15.5. The van der Waals surface area contributed by atoms with E-state index >= 15 is 0 Å². The highest BCUT2D eigenvalue weighted by atomic mass is 35.5. The zero-order valence-corrected chi connectivity index (χ0v) is 13.5. The molecule has 0 amide bonds. The number of nitrogens with zero attached hydrogens (tertiary/aromatic N) is 2. The molecule has 3 aromatic rings. The van der Waals surface area contributed by atoms with Gasteiger partial charge in [-0.15, -0.1) is 11.3 Å². The standard InChI is InChI=1S/C16H14ClN3OS/c1-11-13(17)5-2-6-14(11)20-8-7-18-15(16(20)21)19-10-12-4-3-9-22-12/h2-9H,10H2,1H3,(H,18,19). The molecule has 0 radical (unpaired) electrons. The lowest BCUT2D eigenvalue weighted by Crippen LogP contribution is -2.23. The van der Waals surface area contributed by atoms with Gasteiger partial charge in [-0.2, -0.15) is 0 Å². The van der Waals surface area contributed by atoms with Crippen LogP contribution in [0.4, 0.5) is 5.82 Å². The molecule has 0 aliphatic carbocycles. The predicted octanol–water partition coefficient (Wildman–Crippen LogP) is 3.87. The molecule has 2 heterocycles. The van der Waals surface area contributed by atoms with Gasteiger partial charge in [-0.25, -0.2) is 4.98 Å². The van der Waals surface area contributed by atoms with E-state index in [2.05, 4.69) is 10.3 Å². The highest BCUT2D eigenvalue weighted by Gasteiger charge is 2.09. The van der Waals surface area contributed by atoms with Crippen molar-refractivity contribution in [3.8, 4) is 5.69 Å². The number of hydrogen-bond acceptors (Lipinski definition) is 4. The van der Waals surface area contributed by atoms with E-state index < -0.39 is 0 Å². The monoisotopic (exact) mass is 331 g/mol. The van der Waals surface area contributed by atoms with Gasteiger partial charge in [0.25, 0.3) is 5.56 Å². The summed E-state index contributed by atoms with van der Waals surface area (Å²) in [7, 11) is 0. The SMILES string of the molecule is Cc1c(Cl)cccc1-n1ccnc(NCc2cccs2)c1=O. The number of benzene rings is 1. The lowest BCUT2D eigenvalue weighted by molar-refractivity contribution is 0.938. The minimum atomic E-state index is -0.190. The first-order chi connectivity index (χ1) is 10.7. The maximum atomic E-state index is 12.6. The van der Waals surface area contributed by atoms with Crippen LogP contribution in [-0.2, 0) is 6.54 Å². The van der Waals surface area contributed by atoms with Crippen molar-refractivity contribution in [1.82, 2.24) is 9.55 Å². The second-order valence-electron chi connectivity index (χ2n) is 4.77. The summed E-state index contributed by atoms with van der Waals surface area (Å²) in [5, 5.41) is 5.73. The summed E-state index contributed by atoms with van der Waals surface area (Å²) in [6, 6.07) is 9.50. The molecule has 0 aliphatic rings. The van der Waals surface area contributed by atoms with Crippen molar-refractivity contribution in [2.45, 2.75) is 13.5 Å². The summed E-state index contributed by atoms with van der Waals surface area (Å²) in [6.45, 7) is 2.47. The van der Waals surface area contributed by atoms with Crippen molar-refractivity contribution in [1.29, 1.82) is 0 Å². The molecule has 0 saturated carbocycles. The van der Waals surface area contributed by atoms with Crippen molar-refractivity contribution >= 4 is 28.8 Å². The maximum absolute atomic E-state index is 12.6. The van der Waals surface area contributed by atoms with Crippen LogP contribution in [0.1, 0.15) is 10.4 Å². The van der Waals surface area contributed by atoms with Gasteiger partial charge in [-0.3, -0.25) is 9.36 Å². The van der Waals surface area contributed by atoms with Gasteiger partial charge >= 0.3 is 0 Å². The van der Waals surface area contributed by atoms with Gasteiger partial charge in [-0.1, -0.05) is 23.7 Å². The molecule has 0 atom stereocenters. The summed E-state index contributed by atoms with van der Waals surface area (Å²) >= 11 is 7.78. The number of rotatable bonds is 4. The van der Waals surface area contributed by atoms with Crippen LogP contribution in [0.3, 0.4) is 0 Å². The fourth-order valence-electron chi connectivity index (χ4n) is 2.16. The van der Waals surface area contributed by atoms with Gasteiger partial charge in [-0.05, 0) is 36.1 Å². The Bertz CT molecular complexity index is 843. The van der Waals surface area contributed by atoms with Gasteiger partial charge in [0.15, 0.2) is 5.82 Å². The molecular weight excluding hydrogens is 318 g/mol. The molecular formula is C16H14ClN3OS. The van der Waals surface area contributed by atoms with Crippen LogP contribution in [0, 0.1) is 6.92 Å². The van der Waals surface area contributed by atoms with Crippen molar-refractivity contribution < 1.29 is 0 Å². The van der Waals surface area contributed by atoms with E-state index in [4.69, 9.17) is 11.6 Å². The molecule has 4 nitrogen and oxygen atoms in total. The van der Waals surface area contributed by atoms with Gasteiger partial charge in [0, 0.05) is 22.3 Å². The minimum Gasteiger partial charge on any atom is -0.361 e. The first kappa shape index (κ1) is 14.8. The van der Waals surface area contributed by atoms with Gasteiger partial charge in [0.1, 0.15) is 0 Å². The normalized spacial score (nSPS) is 10.6. The molecule has 22 heavy (non-hydrogen) atoms. The fraction of sp³-hybridized carbons (Fsp3) is 0.125. The molecule has 6 heteroatoms. The van der Waals surface area contributed by atoms with Crippen LogP contribution in [0.15, 0.2) is 52.9 Å². The smallest absolute Gasteiger partial charge is 0.297 e. The van der Waals surface area contributed by atoms with E-state index in [0.717, 1.165) is 16.1 Å². The third-order valence-corrected chi connectivity index (χ3v) is 4.64. The Morgan fingerprint density at radius 3 is 2.95 bits per heavy atom. The van der Waals surface area contributed by atoms with Crippen LogP contribution < -0.4 is 10.9 Å². The summed E-state index contributed by atoms with van der Waals surface area (Å²) in [4.78, 5) is 17.9. The van der Waals surface area contributed by atoms with Crippen LogP contribution in [0.5, 0.6) is 0 Å². The van der Waals surface area contributed by atoms with E-state index in [1.807, 2.05) is 42.6 Å². The average molecular weight is 332 g/mol. The molecule has 2 aromatic heterocycles. The molecule has 0 bridgehead atoms. The Morgan fingerprint density at radius 1 is 1.32 bits per heavy atom. The molecule has 0 aliphatic heterocycles. The van der Waals surface area contributed by atoms with E-state index in [0.29, 0.717) is 17.4 Å². The summed E-state index contributed by atoms with van der Waals surface area (Å²) in [5.74, 6) is 0.329. The average Bonchev–Trinajstić information content (AvgIpc) is 3.03. The van der Waals surface area contributed by atoms with E-state index in [-0.39, 0.29) is 5.56 Å². The number of aromatic nitrogens is 2. The first-order valence-corrected chi connectivity index (χ1v) is 8.02. The summed E-state index contributed by atoms with van der Waals surface area (Å²) in [5.41, 5.74) is 1.44. The third-order valence-electron chi connectivity index (χ3n) is 3.35. The number of thiophene rings is 1. The minimum absolute atomic E-state index is 0.190. The molecule has 3 rings (SSSR count). The Kier molecular flexibility index (Phi) is 4.27. The molecule has 112 valence electrons. The maximum Gasteiger partial charge on any atom is 0.297 e. The number of hydrogen-bond donors (Lipinski definition) is 1. The van der Waals surface area contributed by atoms with Gasteiger partial charge in [0.2, 0.25) is 0 Å². The van der Waals surface area contributed by atoms with Crippen molar-refractivity contribution in [2.24, 2.45) is 0 Å². The second kappa shape index (κ2) is 6.34. The number of anilines is 1. The van der Waals surface area contributed by atoms with Crippen molar-refractivity contribution in [2.75, 3.05) is 5.32 Å². The van der Waals surface area contributed by atoms with Crippen LogP contribution in [0.25, 0.3) is 5.69 Å². The van der Waals surface area contributed by atoms with Crippen molar-refractivity contribution in [3.05, 3.63) is 73.9 Å². The number of nitrogens with one attached hydrogen (secondary N) is 1. The fourth-order valence-corrected chi connectivity index (χ4v) is 2.98. The topological polar surface area (TPSA) is 46.9 Å². The number of halogens is 1. The molecule has 0 unspecified atom stereocenters. The summed E-state index contributed by atoms with van der Waals surface area (Å²) < 4.78 is 1.56. The van der Waals surface area contributed by atoms with Gasteiger partial charge in [0.05, 0.1) is 12.2 Å². The Morgan fingerprint density at radius 2 is 2.18 bits per heavy atom. The van der Waals surface area contributed by atoms with E-state index in [9.17, 15) is 4.79 Å². The Balaban J connectivity index is 1.95. The van der Waals surface area contributed by atoms with Crippen LogP contribution >= 0.6 is 22.9 Å². The molecule has 0 fully saturated rings. The lowest BCUT2D eigenvalue weighted by atomic mass is 10.2. The largest absolute Gasteiger partial charge is 0.361 e. The van der Waals surface area contributed by atoms with E-state index in [1.54, 1.807) is 28.3 Å². The molecule has 1 aromatic carbocycles. The highest BCUT2D eigenvalue weighted by molar-refractivity contribution is 7.09. The molecule has 1 N–H and O–H groups in total. The quantitative estimate of drug-likeness (QED) is 0.789. The van der Waals surface area contributed by atoms with Gasteiger partial charge < -0.3 is 5.32 Å². The molecule has 0 saturated heterocycles. The Labute approximate surface area is 137 Å². The third kappa shape index (κ3) is 2.91. The Hall–Kier alpha value is -2.11. The summed E-state index contributed by atoms with van der Waals surface area (Å²) in [6.07, 6.45) is 3.26. The first-order valence-electron chi connectivity index (χ1n) is 6.76. The lowest BCUT2D eigenvalue weighted by Gasteiger charge is -2.11. The highest BCUT2D eigenvalue weighted by Crippen LogP contribution is 2.21.